The summed E-state index contributed by atoms with van der Waals surface area (Å²) >= 11 is 0. The average Bonchev–Trinajstić information content (AvgIpc) is 2.43. The van der Waals surface area contributed by atoms with E-state index in [9.17, 15) is 0 Å². The molecule has 0 N–H and O–H groups in total. The van der Waals surface area contributed by atoms with Crippen LogP contribution in [0.15, 0.2) is 6.07 Å². The molecule has 2 aromatic heterocycles. The lowest BCUT2D eigenvalue weighted by atomic mass is 9.90. The summed E-state index contributed by atoms with van der Waals surface area (Å²) in [6.07, 6.45) is 0. The second kappa shape index (κ2) is 3.30. The van der Waals surface area contributed by atoms with Crippen LogP contribution in [0.1, 0.15) is 43.4 Å². The summed E-state index contributed by atoms with van der Waals surface area (Å²) in [7, 11) is 0. The van der Waals surface area contributed by atoms with Gasteiger partial charge >= 0.3 is 0 Å². The number of aryl methyl sites for hydroxylation is 3. The van der Waals surface area contributed by atoms with E-state index in [0.29, 0.717) is 0 Å². The predicted octanol–water partition coefficient (Wildman–Crippen LogP) is 2.95. The van der Waals surface area contributed by atoms with Crippen LogP contribution in [0.2, 0.25) is 0 Å². The Kier molecular flexibility index (Phi) is 2.30. The summed E-state index contributed by atoms with van der Waals surface area (Å²) < 4.78 is 1.95. The van der Waals surface area contributed by atoms with Gasteiger partial charge in [-0.1, -0.05) is 20.8 Å². The van der Waals surface area contributed by atoms with Gasteiger partial charge in [0.1, 0.15) is 0 Å². The zero-order valence-electron chi connectivity index (χ0n) is 10.9. The molecular formula is C13H19N3. The van der Waals surface area contributed by atoms with Crippen LogP contribution in [0.3, 0.4) is 0 Å². The monoisotopic (exact) mass is 217 g/mol. The lowest BCUT2D eigenvalue weighted by Gasteiger charge is -2.15. The van der Waals surface area contributed by atoms with E-state index < -0.39 is 0 Å². The third-order valence-corrected chi connectivity index (χ3v) is 2.84. The van der Waals surface area contributed by atoms with Crippen LogP contribution < -0.4 is 0 Å². The Morgan fingerprint density at radius 1 is 1.12 bits per heavy atom. The molecule has 0 saturated heterocycles. The highest BCUT2D eigenvalue weighted by Crippen LogP contribution is 2.26. The number of aromatic nitrogens is 3. The molecule has 3 nitrogen and oxygen atoms in total. The zero-order chi connectivity index (χ0) is 12.1. The van der Waals surface area contributed by atoms with Gasteiger partial charge in [0.15, 0.2) is 5.65 Å². The summed E-state index contributed by atoms with van der Waals surface area (Å²) in [5.41, 5.74) is 5.57. The van der Waals surface area contributed by atoms with E-state index >= 15 is 0 Å². The third kappa shape index (κ3) is 1.60. The Labute approximate surface area is 96.5 Å². The lowest BCUT2D eigenvalue weighted by molar-refractivity contribution is 0.558. The van der Waals surface area contributed by atoms with Crippen LogP contribution in [0.25, 0.3) is 5.65 Å². The first kappa shape index (κ1) is 11.1. The van der Waals surface area contributed by atoms with Crippen molar-refractivity contribution in [2.75, 3.05) is 0 Å². The molecule has 0 aliphatic rings. The van der Waals surface area contributed by atoms with Gasteiger partial charge in [-0.05, 0) is 26.8 Å². The van der Waals surface area contributed by atoms with Gasteiger partial charge in [0.25, 0.3) is 0 Å². The second-order valence-corrected chi connectivity index (χ2v) is 5.50. The largest absolute Gasteiger partial charge is 0.234 e. The maximum atomic E-state index is 4.68. The molecule has 0 fully saturated rings. The van der Waals surface area contributed by atoms with E-state index in [4.69, 9.17) is 0 Å². The van der Waals surface area contributed by atoms with Crippen LogP contribution in [0.4, 0.5) is 0 Å². The molecule has 86 valence electrons. The fraction of sp³-hybridized carbons (Fsp3) is 0.538. The van der Waals surface area contributed by atoms with E-state index in [0.717, 1.165) is 22.7 Å². The summed E-state index contributed by atoms with van der Waals surface area (Å²) in [6.45, 7) is 12.8. The van der Waals surface area contributed by atoms with Gasteiger partial charge in [-0.2, -0.15) is 5.10 Å². The smallest absolute Gasteiger partial charge is 0.158 e. The van der Waals surface area contributed by atoms with Gasteiger partial charge in [0.05, 0.1) is 5.69 Å². The normalized spacial score (nSPS) is 12.4. The van der Waals surface area contributed by atoms with Crippen molar-refractivity contribution in [1.82, 2.24) is 14.6 Å². The number of hydrogen-bond acceptors (Lipinski definition) is 2. The van der Waals surface area contributed by atoms with E-state index in [1.807, 2.05) is 11.4 Å². The predicted molar refractivity (Wildman–Crippen MR) is 65.9 cm³/mol. The van der Waals surface area contributed by atoms with Crippen molar-refractivity contribution in [3.63, 3.8) is 0 Å². The van der Waals surface area contributed by atoms with Crippen LogP contribution in [-0.4, -0.2) is 14.6 Å². The average molecular weight is 217 g/mol. The molecule has 16 heavy (non-hydrogen) atoms. The first-order valence-electron chi connectivity index (χ1n) is 5.65. The number of hydrogen-bond donors (Lipinski definition) is 0. The third-order valence-electron chi connectivity index (χ3n) is 2.84. The number of nitrogens with zero attached hydrogens (tertiary/aromatic N) is 3. The summed E-state index contributed by atoms with van der Waals surface area (Å²) in [5.74, 6) is 0. The van der Waals surface area contributed by atoms with Crippen molar-refractivity contribution < 1.29 is 0 Å². The minimum absolute atomic E-state index is 0.0676. The van der Waals surface area contributed by atoms with E-state index in [1.165, 1.54) is 5.56 Å². The molecule has 0 saturated carbocycles. The van der Waals surface area contributed by atoms with Crippen LogP contribution in [0.5, 0.6) is 0 Å². The van der Waals surface area contributed by atoms with E-state index in [2.05, 4.69) is 50.8 Å². The Balaban J connectivity index is 2.83. The first-order valence-corrected chi connectivity index (χ1v) is 5.65. The van der Waals surface area contributed by atoms with Crippen molar-refractivity contribution in [2.45, 2.75) is 47.0 Å². The molecule has 0 atom stereocenters. The number of fused-ring (bicyclic) bond motifs is 1. The Hall–Kier alpha value is -1.38. The molecule has 0 spiro atoms. The first-order chi connectivity index (χ1) is 7.30. The van der Waals surface area contributed by atoms with E-state index in [-0.39, 0.29) is 5.41 Å². The maximum absolute atomic E-state index is 4.68. The highest BCUT2D eigenvalue weighted by Gasteiger charge is 2.22. The minimum atomic E-state index is 0.0676. The molecule has 0 radical (unpaired) electrons. The molecule has 2 heterocycles. The molecule has 2 rings (SSSR count). The fourth-order valence-electron chi connectivity index (χ4n) is 2.14. The molecule has 0 amide bonds. The maximum Gasteiger partial charge on any atom is 0.158 e. The molecule has 0 aromatic carbocycles. The van der Waals surface area contributed by atoms with E-state index in [1.54, 1.807) is 0 Å². The Bertz CT molecular complexity index is 544. The highest BCUT2D eigenvalue weighted by molar-refractivity contribution is 5.52. The lowest BCUT2D eigenvalue weighted by Crippen LogP contribution is -2.13. The van der Waals surface area contributed by atoms with Gasteiger partial charge in [0.2, 0.25) is 0 Å². The van der Waals surface area contributed by atoms with Crippen molar-refractivity contribution in [1.29, 1.82) is 0 Å². The zero-order valence-corrected chi connectivity index (χ0v) is 10.9. The Morgan fingerprint density at radius 2 is 1.75 bits per heavy atom. The SMILES string of the molecule is Cc1cc(C)n2nc(C(C)(C)C)c(C)c2n1. The highest BCUT2D eigenvalue weighted by atomic mass is 15.3. The topological polar surface area (TPSA) is 30.2 Å². The summed E-state index contributed by atoms with van der Waals surface area (Å²) in [4.78, 5) is 4.57. The molecular weight excluding hydrogens is 198 g/mol. The van der Waals surface area contributed by atoms with Gasteiger partial charge < -0.3 is 0 Å². The van der Waals surface area contributed by atoms with Crippen LogP contribution >= 0.6 is 0 Å². The standard InChI is InChI=1S/C13H19N3/c1-8-7-9(2)16-12(14-8)10(3)11(15-16)13(4,5)6/h7H,1-6H3. The number of rotatable bonds is 0. The molecule has 0 aliphatic heterocycles. The molecule has 3 heteroatoms. The van der Waals surface area contributed by atoms with Crippen molar-refractivity contribution in [3.8, 4) is 0 Å². The minimum Gasteiger partial charge on any atom is -0.234 e. The van der Waals surface area contributed by atoms with Gasteiger partial charge in [0, 0.05) is 22.4 Å². The van der Waals surface area contributed by atoms with Crippen LogP contribution in [0, 0.1) is 20.8 Å². The fourth-order valence-corrected chi connectivity index (χ4v) is 2.14. The van der Waals surface area contributed by atoms with Crippen molar-refractivity contribution in [2.24, 2.45) is 0 Å². The van der Waals surface area contributed by atoms with Gasteiger partial charge in [-0.25, -0.2) is 9.50 Å². The molecule has 0 aliphatic carbocycles. The molecule has 2 aromatic rings. The summed E-state index contributed by atoms with van der Waals surface area (Å²) in [5, 5.41) is 4.68. The van der Waals surface area contributed by atoms with Gasteiger partial charge in [-0.3, -0.25) is 0 Å². The van der Waals surface area contributed by atoms with Gasteiger partial charge in [-0.15, -0.1) is 0 Å². The summed E-state index contributed by atoms with van der Waals surface area (Å²) in [6, 6.07) is 2.06. The molecule has 0 bridgehead atoms. The molecule has 0 unspecified atom stereocenters. The Morgan fingerprint density at radius 3 is 2.31 bits per heavy atom. The van der Waals surface area contributed by atoms with Crippen molar-refractivity contribution >= 4 is 5.65 Å². The van der Waals surface area contributed by atoms with Crippen LogP contribution in [-0.2, 0) is 5.41 Å². The van der Waals surface area contributed by atoms with Crippen molar-refractivity contribution in [3.05, 3.63) is 28.7 Å². The second-order valence-electron chi connectivity index (χ2n) is 5.50. The quantitative estimate of drug-likeness (QED) is 0.679.